The molecule has 0 aliphatic rings. The third-order valence-electron chi connectivity index (χ3n) is 8.63. The predicted octanol–water partition coefficient (Wildman–Crippen LogP) is 14.4. The molecule has 0 saturated carbocycles. The minimum absolute atomic E-state index is 0.143. The first kappa shape index (κ1) is 53.6. The van der Waals surface area contributed by atoms with E-state index in [4.69, 9.17) is 14.2 Å². The second-order valence-electron chi connectivity index (χ2n) is 14.1. The second-order valence-corrected chi connectivity index (χ2v) is 14.1. The Labute approximate surface area is 354 Å². The molecule has 0 aliphatic carbocycles. The molecular weight excluding hydrogens is 721 g/mol. The van der Waals surface area contributed by atoms with E-state index in [1.165, 1.54) is 44.9 Å². The van der Waals surface area contributed by atoms with E-state index >= 15 is 0 Å². The summed E-state index contributed by atoms with van der Waals surface area (Å²) in [5.74, 6) is -1.13. The third kappa shape index (κ3) is 42.7. The van der Waals surface area contributed by atoms with Gasteiger partial charge in [-0.05, 0) is 70.6 Å². The molecule has 6 heteroatoms. The maximum absolute atomic E-state index is 12.7. The normalized spacial score (nSPS) is 13.4. The summed E-state index contributed by atoms with van der Waals surface area (Å²) >= 11 is 0. The molecule has 322 valence electrons. The maximum Gasteiger partial charge on any atom is 0.306 e. The van der Waals surface area contributed by atoms with Gasteiger partial charge in [-0.15, -0.1) is 0 Å². The molecule has 0 saturated heterocycles. The Hall–Kier alpha value is -4.45. The van der Waals surface area contributed by atoms with Gasteiger partial charge in [-0.3, -0.25) is 14.4 Å². The van der Waals surface area contributed by atoms with Gasteiger partial charge in [0.2, 0.25) is 0 Å². The summed E-state index contributed by atoms with van der Waals surface area (Å²) in [7, 11) is 0. The molecule has 0 bridgehead atoms. The van der Waals surface area contributed by atoms with Gasteiger partial charge in [0.15, 0.2) is 6.10 Å². The first-order valence-corrected chi connectivity index (χ1v) is 22.3. The average Bonchev–Trinajstić information content (AvgIpc) is 3.22. The van der Waals surface area contributed by atoms with Gasteiger partial charge >= 0.3 is 17.9 Å². The van der Waals surface area contributed by atoms with Gasteiger partial charge in [0, 0.05) is 19.3 Å². The molecule has 1 unspecified atom stereocenters. The summed E-state index contributed by atoms with van der Waals surface area (Å²) in [4.78, 5) is 37.7. The monoisotopic (exact) mass is 799 g/mol. The Morgan fingerprint density at radius 3 is 1.16 bits per heavy atom. The molecule has 0 radical (unpaired) electrons. The van der Waals surface area contributed by atoms with Gasteiger partial charge in [0.1, 0.15) is 13.2 Å². The molecule has 0 fully saturated rings. The Kier molecular flexibility index (Phi) is 41.8. The van der Waals surface area contributed by atoms with Crippen molar-refractivity contribution in [3.8, 4) is 0 Å². The van der Waals surface area contributed by atoms with Crippen LogP contribution in [0.3, 0.4) is 0 Å². The highest BCUT2D eigenvalue weighted by atomic mass is 16.6. The maximum atomic E-state index is 12.7. The first-order valence-electron chi connectivity index (χ1n) is 22.3. The summed E-state index contributed by atoms with van der Waals surface area (Å²) in [6, 6.07) is 0. The minimum Gasteiger partial charge on any atom is -0.462 e. The molecular formula is C52H78O6. The lowest BCUT2D eigenvalue weighted by Crippen LogP contribution is -2.30. The van der Waals surface area contributed by atoms with Crippen LogP contribution in [-0.2, 0) is 28.6 Å². The summed E-state index contributed by atoms with van der Waals surface area (Å²) in [5, 5.41) is 0. The second kappa shape index (κ2) is 45.3. The van der Waals surface area contributed by atoms with Crippen LogP contribution in [0.4, 0.5) is 0 Å². The average molecular weight is 799 g/mol. The Bertz CT molecular complexity index is 1330. The van der Waals surface area contributed by atoms with Crippen LogP contribution in [0.15, 0.2) is 134 Å². The van der Waals surface area contributed by atoms with Gasteiger partial charge in [-0.2, -0.15) is 0 Å². The molecule has 0 aromatic heterocycles. The largest absolute Gasteiger partial charge is 0.462 e. The molecule has 0 rings (SSSR count). The van der Waals surface area contributed by atoms with Crippen molar-refractivity contribution in [1.29, 1.82) is 0 Å². The van der Waals surface area contributed by atoms with Crippen LogP contribution in [0.1, 0.15) is 156 Å². The van der Waals surface area contributed by atoms with E-state index in [1.807, 2.05) is 109 Å². The smallest absolute Gasteiger partial charge is 0.306 e. The number of esters is 3. The number of allylic oxidation sites excluding steroid dienone is 22. The molecule has 0 spiro atoms. The van der Waals surface area contributed by atoms with E-state index in [1.54, 1.807) is 0 Å². The third-order valence-corrected chi connectivity index (χ3v) is 8.63. The molecule has 58 heavy (non-hydrogen) atoms. The highest BCUT2D eigenvalue weighted by molar-refractivity contribution is 5.71. The zero-order chi connectivity index (χ0) is 42.3. The molecule has 0 amide bonds. The van der Waals surface area contributed by atoms with Crippen LogP contribution in [0.5, 0.6) is 0 Å². The molecule has 0 aromatic rings. The lowest BCUT2D eigenvalue weighted by molar-refractivity contribution is -0.167. The number of carbonyl (C=O) groups excluding carboxylic acids is 3. The lowest BCUT2D eigenvalue weighted by Gasteiger charge is -2.18. The van der Waals surface area contributed by atoms with Crippen molar-refractivity contribution in [3.63, 3.8) is 0 Å². The number of hydrogen-bond acceptors (Lipinski definition) is 6. The Morgan fingerprint density at radius 1 is 0.362 bits per heavy atom. The van der Waals surface area contributed by atoms with E-state index in [0.717, 1.165) is 51.4 Å². The van der Waals surface area contributed by atoms with Crippen LogP contribution in [0.25, 0.3) is 0 Å². The predicted molar refractivity (Wildman–Crippen MR) is 246 cm³/mol. The fourth-order valence-electron chi connectivity index (χ4n) is 5.32. The number of hydrogen-bond donors (Lipinski definition) is 0. The summed E-state index contributed by atoms with van der Waals surface area (Å²) < 4.78 is 16.5. The van der Waals surface area contributed by atoms with Crippen molar-refractivity contribution in [1.82, 2.24) is 0 Å². The van der Waals surface area contributed by atoms with Crippen molar-refractivity contribution < 1.29 is 28.6 Å². The zero-order valence-electron chi connectivity index (χ0n) is 36.5. The molecule has 0 aromatic carbocycles. The topological polar surface area (TPSA) is 78.9 Å². The quantitative estimate of drug-likeness (QED) is 0.0205. The van der Waals surface area contributed by atoms with Crippen LogP contribution < -0.4 is 0 Å². The van der Waals surface area contributed by atoms with E-state index < -0.39 is 12.1 Å². The molecule has 6 nitrogen and oxygen atoms in total. The van der Waals surface area contributed by atoms with Gasteiger partial charge in [-0.25, -0.2) is 0 Å². The fraction of sp³-hybridized carbons (Fsp3) is 0.519. The summed E-state index contributed by atoms with van der Waals surface area (Å²) in [5.41, 5.74) is 0. The van der Waals surface area contributed by atoms with Gasteiger partial charge in [-0.1, -0.05) is 199 Å². The van der Waals surface area contributed by atoms with Crippen LogP contribution >= 0.6 is 0 Å². The standard InChI is InChI=1S/C52H78O6/c1-4-7-10-13-16-19-22-25-28-30-33-36-39-42-45-51(54)57-48-49(58-52(55)46-43-40-37-34-31-27-24-21-18-15-12-9-6-3)47-56-50(53)44-41-38-35-32-29-26-23-20-17-14-11-8-5-2/h8-9,11-12,14-15,17-18,20-21,23-24,26-32,34-35,37,49H,4-7,10,13,16,19,22,25,33,36,38-48H2,1-3H3/b11-8-,12-9-,17-14-,18-15-,23-20-,24-21-,29-26-,30-28-,31-27-,35-32-,37-34-. The lowest BCUT2D eigenvalue weighted by atomic mass is 10.1. The highest BCUT2D eigenvalue weighted by Crippen LogP contribution is 2.11. The van der Waals surface area contributed by atoms with E-state index in [0.29, 0.717) is 25.7 Å². The van der Waals surface area contributed by atoms with Crippen molar-refractivity contribution in [2.24, 2.45) is 0 Å². The van der Waals surface area contributed by atoms with Gasteiger partial charge < -0.3 is 14.2 Å². The zero-order valence-corrected chi connectivity index (χ0v) is 36.5. The van der Waals surface area contributed by atoms with E-state index in [9.17, 15) is 14.4 Å². The fourth-order valence-corrected chi connectivity index (χ4v) is 5.32. The SMILES string of the molecule is CC\C=C/C=C\C=C/C=C\C=C/CCCC(=O)OCC(COC(=O)CCCCC/C=C\CCCCCCCCC)OC(=O)CCC\C=C/C=C\C=C/C=C\C=C/CC. The molecule has 0 aliphatic heterocycles. The van der Waals surface area contributed by atoms with E-state index in [2.05, 4.69) is 45.1 Å². The summed E-state index contributed by atoms with van der Waals surface area (Å²) in [6.07, 6.45) is 63.1. The van der Waals surface area contributed by atoms with Crippen molar-refractivity contribution in [3.05, 3.63) is 134 Å². The molecule has 0 N–H and O–H groups in total. The Balaban J connectivity index is 4.67. The van der Waals surface area contributed by atoms with Gasteiger partial charge in [0.05, 0.1) is 0 Å². The number of carbonyl (C=O) groups is 3. The summed E-state index contributed by atoms with van der Waals surface area (Å²) in [6.45, 7) is 6.16. The first-order chi connectivity index (χ1) is 28.5. The van der Waals surface area contributed by atoms with E-state index in [-0.39, 0.29) is 38.0 Å². The van der Waals surface area contributed by atoms with Crippen LogP contribution in [0, 0.1) is 0 Å². The molecule has 0 heterocycles. The Morgan fingerprint density at radius 2 is 0.707 bits per heavy atom. The number of ether oxygens (including phenoxy) is 3. The van der Waals surface area contributed by atoms with Crippen molar-refractivity contribution in [2.75, 3.05) is 13.2 Å². The van der Waals surface area contributed by atoms with Crippen LogP contribution in [0.2, 0.25) is 0 Å². The highest BCUT2D eigenvalue weighted by Gasteiger charge is 2.19. The number of rotatable bonds is 37. The van der Waals surface area contributed by atoms with Crippen molar-refractivity contribution in [2.45, 2.75) is 162 Å². The van der Waals surface area contributed by atoms with Gasteiger partial charge in [0.25, 0.3) is 0 Å². The molecule has 1 atom stereocenters. The van der Waals surface area contributed by atoms with Crippen molar-refractivity contribution >= 4 is 17.9 Å². The van der Waals surface area contributed by atoms with Crippen LogP contribution in [-0.4, -0.2) is 37.2 Å². The minimum atomic E-state index is -0.853. The number of unbranched alkanes of at least 4 members (excludes halogenated alkanes) is 12.